The smallest absolute Gasteiger partial charge is 0.320 e. The Morgan fingerprint density at radius 3 is 2.62 bits per heavy atom. The molecule has 16 heavy (non-hydrogen) atoms. The van der Waals surface area contributed by atoms with Crippen molar-refractivity contribution in [2.45, 2.75) is 45.8 Å². The van der Waals surface area contributed by atoms with Crippen LogP contribution in [-0.4, -0.2) is 42.1 Å². The fourth-order valence-electron chi connectivity index (χ4n) is 1.87. The van der Waals surface area contributed by atoms with Crippen molar-refractivity contribution in [2.24, 2.45) is 11.7 Å². The van der Waals surface area contributed by atoms with Gasteiger partial charge in [0.2, 0.25) is 0 Å². The minimum Gasteiger partial charge on any atom is -0.459 e. The van der Waals surface area contributed by atoms with E-state index in [1.54, 1.807) is 0 Å². The van der Waals surface area contributed by atoms with Gasteiger partial charge in [-0.25, -0.2) is 0 Å². The summed E-state index contributed by atoms with van der Waals surface area (Å²) in [4.78, 5) is 13.7. The van der Waals surface area contributed by atoms with Gasteiger partial charge in [-0.2, -0.15) is 0 Å². The molecule has 0 saturated carbocycles. The summed E-state index contributed by atoms with van der Waals surface area (Å²) < 4.78 is 5.28. The molecule has 1 saturated heterocycles. The Bertz CT molecular complexity index is 248. The normalized spacial score (nSPS) is 27.8. The molecule has 0 bridgehead atoms. The van der Waals surface area contributed by atoms with E-state index in [4.69, 9.17) is 10.5 Å². The molecule has 0 spiro atoms. The topological polar surface area (TPSA) is 55.6 Å². The van der Waals surface area contributed by atoms with Gasteiger partial charge in [-0.3, -0.25) is 9.69 Å². The summed E-state index contributed by atoms with van der Waals surface area (Å²) in [6, 6.07) is 0.177. The summed E-state index contributed by atoms with van der Waals surface area (Å²) in [5.74, 6) is 0.393. The largest absolute Gasteiger partial charge is 0.459 e. The van der Waals surface area contributed by atoms with Gasteiger partial charge in [0, 0.05) is 12.6 Å². The number of hydrogen-bond acceptors (Lipinski definition) is 4. The number of ether oxygens (including phenoxy) is 1. The second-order valence-electron chi connectivity index (χ2n) is 5.75. The number of hydrogen-bond donors (Lipinski definition) is 1. The summed E-state index contributed by atoms with van der Waals surface area (Å²) in [7, 11) is 0. The second-order valence-corrected chi connectivity index (χ2v) is 5.75. The SMILES string of the molecule is CC1CCN(CC(=O)OC(C)(C)C)CC1N. The molecule has 1 aliphatic heterocycles. The summed E-state index contributed by atoms with van der Waals surface area (Å²) in [6.07, 6.45) is 1.06. The Hall–Kier alpha value is -0.610. The Labute approximate surface area is 98.1 Å². The Balaban J connectivity index is 2.35. The van der Waals surface area contributed by atoms with Crippen molar-refractivity contribution < 1.29 is 9.53 Å². The molecule has 0 aliphatic carbocycles. The van der Waals surface area contributed by atoms with Crippen LogP contribution in [0, 0.1) is 5.92 Å². The van der Waals surface area contributed by atoms with Crippen LogP contribution in [0.5, 0.6) is 0 Å². The van der Waals surface area contributed by atoms with Crippen LogP contribution in [0.2, 0.25) is 0 Å². The van der Waals surface area contributed by atoms with Crippen molar-refractivity contribution in [1.29, 1.82) is 0 Å². The van der Waals surface area contributed by atoms with Crippen LogP contribution in [0.3, 0.4) is 0 Å². The van der Waals surface area contributed by atoms with E-state index in [1.807, 2.05) is 20.8 Å². The standard InChI is InChI=1S/C12H24N2O2/c1-9-5-6-14(7-10(9)13)8-11(15)16-12(2,3)4/h9-10H,5-8,13H2,1-4H3. The first-order valence-electron chi connectivity index (χ1n) is 5.98. The molecule has 1 fully saturated rings. The average molecular weight is 228 g/mol. The van der Waals surface area contributed by atoms with Crippen molar-refractivity contribution >= 4 is 5.97 Å². The third-order valence-electron chi connectivity index (χ3n) is 2.87. The summed E-state index contributed by atoms with van der Waals surface area (Å²) in [5.41, 5.74) is 5.58. The highest BCUT2D eigenvalue weighted by Crippen LogP contribution is 2.15. The molecular formula is C12H24N2O2. The number of nitrogens with two attached hydrogens (primary N) is 1. The number of likely N-dealkylation sites (tertiary alicyclic amines) is 1. The van der Waals surface area contributed by atoms with Crippen LogP contribution in [-0.2, 0) is 9.53 Å². The highest BCUT2D eigenvalue weighted by molar-refractivity contribution is 5.72. The van der Waals surface area contributed by atoms with Crippen LogP contribution in [0.25, 0.3) is 0 Å². The molecule has 0 aromatic carbocycles. The van der Waals surface area contributed by atoms with E-state index in [9.17, 15) is 4.79 Å². The van der Waals surface area contributed by atoms with Gasteiger partial charge in [-0.15, -0.1) is 0 Å². The van der Waals surface area contributed by atoms with Gasteiger partial charge in [-0.1, -0.05) is 6.92 Å². The third-order valence-corrected chi connectivity index (χ3v) is 2.87. The quantitative estimate of drug-likeness (QED) is 0.716. The average Bonchev–Trinajstić information content (AvgIpc) is 2.08. The molecule has 4 nitrogen and oxygen atoms in total. The first-order chi connectivity index (χ1) is 7.28. The fraction of sp³-hybridized carbons (Fsp3) is 0.917. The number of carbonyl (C=O) groups excluding carboxylic acids is 1. The fourth-order valence-corrected chi connectivity index (χ4v) is 1.87. The third kappa shape index (κ3) is 4.49. The molecule has 2 unspecified atom stereocenters. The molecule has 1 aliphatic rings. The van der Waals surface area contributed by atoms with Gasteiger partial charge in [0.25, 0.3) is 0 Å². The predicted octanol–water partition coefficient (Wildman–Crippen LogP) is 0.997. The van der Waals surface area contributed by atoms with Gasteiger partial charge in [0.05, 0.1) is 6.54 Å². The van der Waals surface area contributed by atoms with E-state index in [0.29, 0.717) is 12.5 Å². The maximum absolute atomic E-state index is 11.6. The van der Waals surface area contributed by atoms with Gasteiger partial charge in [0.15, 0.2) is 0 Å². The minimum absolute atomic E-state index is 0.158. The first kappa shape index (κ1) is 13.5. The van der Waals surface area contributed by atoms with Crippen molar-refractivity contribution in [3.05, 3.63) is 0 Å². The Morgan fingerprint density at radius 2 is 2.12 bits per heavy atom. The van der Waals surface area contributed by atoms with Crippen molar-refractivity contribution in [3.63, 3.8) is 0 Å². The van der Waals surface area contributed by atoms with Gasteiger partial charge in [0.1, 0.15) is 5.60 Å². The zero-order valence-electron chi connectivity index (χ0n) is 10.8. The second kappa shape index (κ2) is 5.15. The van der Waals surface area contributed by atoms with E-state index in [0.717, 1.165) is 19.5 Å². The van der Waals surface area contributed by atoms with Crippen molar-refractivity contribution in [3.8, 4) is 0 Å². The zero-order valence-corrected chi connectivity index (χ0v) is 10.8. The lowest BCUT2D eigenvalue weighted by atomic mass is 9.94. The number of piperidine rings is 1. The molecule has 1 rings (SSSR count). The summed E-state index contributed by atoms with van der Waals surface area (Å²) in [5, 5.41) is 0. The highest BCUT2D eigenvalue weighted by atomic mass is 16.6. The molecule has 2 atom stereocenters. The molecule has 1 heterocycles. The Morgan fingerprint density at radius 1 is 1.50 bits per heavy atom. The molecule has 0 amide bonds. The number of carbonyl (C=O) groups is 1. The number of nitrogens with zero attached hydrogens (tertiary/aromatic N) is 1. The van der Waals surface area contributed by atoms with E-state index in [1.165, 1.54) is 0 Å². The first-order valence-corrected chi connectivity index (χ1v) is 5.98. The van der Waals surface area contributed by atoms with Gasteiger partial charge in [-0.05, 0) is 39.7 Å². The van der Waals surface area contributed by atoms with E-state index < -0.39 is 5.60 Å². The van der Waals surface area contributed by atoms with Crippen LogP contribution in [0.4, 0.5) is 0 Å². The highest BCUT2D eigenvalue weighted by Gasteiger charge is 2.26. The molecule has 0 aromatic heterocycles. The molecule has 94 valence electrons. The molecular weight excluding hydrogens is 204 g/mol. The molecule has 0 radical (unpaired) electrons. The lowest BCUT2D eigenvalue weighted by Gasteiger charge is -2.34. The molecule has 4 heteroatoms. The lowest BCUT2D eigenvalue weighted by Crippen LogP contribution is -2.49. The monoisotopic (exact) mass is 228 g/mol. The zero-order chi connectivity index (χ0) is 12.3. The van der Waals surface area contributed by atoms with Crippen LogP contribution < -0.4 is 5.73 Å². The van der Waals surface area contributed by atoms with E-state index >= 15 is 0 Å². The Kier molecular flexibility index (Phi) is 4.33. The van der Waals surface area contributed by atoms with Crippen molar-refractivity contribution in [2.75, 3.05) is 19.6 Å². The van der Waals surface area contributed by atoms with Crippen LogP contribution in [0.1, 0.15) is 34.1 Å². The molecule has 0 aromatic rings. The number of esters is 1. The summed E-state index contributed by atoms with van der Waals surface area (Å²) >= 11 is 0. The maximum atomic E-state index is 11.6. The van der Waals surface area contributed by atoms with E-state index in [-0.39, 0.29) is 12.0 Å². The minimum atomic E-state index is -0.401. The van der Waals surface area contributed by atoms with E-state index in [2.05, 4.69) is 11.8 Å². The summed E-state index contributed by atoms with van der Waals surface area (Å²) in [6.45, 7) is 9.90. The number of rotatable bonds is 2. The van der Waals surface area contributed by atoms with Crippen LogP contribution in [0.15, 0.2) is 0 Å². The molecule has 2 N–H and O–H groups in total. The maximum Gasteiger partial charge on any atom is 0.320 e. The van der Waals surface area contributed by atoms with Crippen LogP contribution >= 0.6 is 0 Å². The van der Waals surface area contributed by atoms with Crippen molar-refractivity contribution in [1.82, 2.24) is 4.90 Å². The predicted molar refractivity (Wildman–Crippen MR) is 64.0 cm³/mol. The lowest BCUT2D eigenvalue weighted by molar-refractivity contribution is -0.156. The van der Waals surface area contributed by atoms with Gasteiger partial charge < -0.3 is 10.5 Å². The van der Waals surface area contributed by atoms with Gasteiger partial charge >= 0.3 is 5.97 Å².